The number of hydrogen-bond acceptors (Lipinski definition) is 6. The minimum atomic E-state index is -0.245. The molecule has 0 unspecified atom stereocenters. The number of hydrogen-bond donors (Lipinski definition) is 3. The Hall–Kier alpha value is -4.78. The number of carbonyl (C=O) groups excluding carboxylic acids is 1. The second kappa shape index (κ2) is 8.87. The van der Waals surface area contributed by atoms with Crippen LogP contribution < -0.4 is 15.0 Å². The molecular weight excluding hydrogens is 442 g/mol. The molecule has 0 atom stereocenters. The maximum absolute atomic E-state index is 12.8. The third-order valence-electron chi connectivity index (χ3n) is 5.72. The summed E-state index contributed by atoms with van der Waals surface area (Å²) in [5.74, 6) is 0.405. The van der Waals surface area contributed by atoms with Gasteiger partial charge in [0.1, 0.15) is 11.5 Å². The van der Waals surface area contributed by atoms with E-state index in [1.54, 1.807) is 18.3 Å². The lowest BCUT2D eigenvalue weighted by Crippen LogP contribution is -2.14. The highest BCUT2D eigenvalue weighted by atomic mass is 16.5. The summed E-state index contributed by atoms with van der Waals surface area (Å²) in [6.45, 7) is 0. The first kappa shape index (κ1) is 22.0. The van der Waals surface area contributed by atoms with Gasteiger partial charge in [-0.05, 0) is 65.4 Å². The maximum Gasteiger partial charge on any atom is 0.255 e. The molecule has 1 heterocycles. The van der Waals surface area contributed by atoms with Crippen LogP contribution in [0.4, 0.5) is 11.4 Å². The lowest BCUT2D eigenvalue weighted by atomic mass is 10.1. The van der Waals surface area contributed by atoms with Gasteiger partial charge in [0, 0.05) is 48.7 Å². The normalized spacial score (nSPS) is 10.9. The zero-order valence-electron chi connectivity index (χ0n) is 19.2. The fourth-order valence-electron chi connectivity index (χ4n) is 3.86. The van der Waals surface area contributed by atoms with Crippen LogP contribution in [0.1, 0.15) is 10.4 Å². The molecule has 1 aromatic heterocycles. The number of aromatic hydroxyl groups is 2. The van der Waals surface area contributed by atoms with Gasteiger partial charge in [-0.1, -0.05) is 18.2 Å². The van der Waals surface area contributed by atoms with Crippen molar-refractivity contribution in [2.24, 2.45) is 0 Å². The molecule has 3 N–H and O–H groups in total. The van der Waals surface area contributed by atoms with E-state index in [0.29, 0.717) is 33.7 Å². The monoisotopic (exact) mass is 465 g/mol. The number of amides is 1. The summed E-state index contributed by atoms with van der Waals surface area (Å²) in [5, 5.41) is 25.1. The van der Waals surface area contributed by atoms with Crippen molar-refractivity contribution in [3.8, 4) is 23.0 Å². The van der Waals surface area contributed by atoms with Gasteiger partial charge in [-0.15, -0.1) is 0 Å². The van der Waals surface area contributed by atoms with Crippen molar-refractivity contribution in [1.82, 2.24) is 4.98 Å². The van der Waals surface area contributed by atoms with Gasteiger partial charge >= 0.3 is 0 Å². The van der Waals surface area contributed by atoms with Gasteiger partial charge in [-0.25, -0.2) is 0 Å². The van der Waals surface area contributed by atoms with Crippen molar-refractivity contribution in [3.63, 3.8) is 0 Å². The molecule has 4 aromatic carbocycles. The van der Waals surface area contributed by atoms with Crippen LogP contribution in [0.5, 0.6) is 23.0 Å². The minimum Gasteiger partial charge on any atom is -0.504 e. The number of carbonyl (C=O) groups is 1. The Morgan fingerprint density at radius 1 is 0.886 bits per heavy atom. The number of phenolic OH excluding ortho intramolecular Hbond substituents is 2. The minimum absolute atomic E-state index is 0.188. The third kappa shape index (κ3) is 4.52. The van der Waals surface area contributed by atoms with E-state index in [9.17, 15) is 15.0 Å². The number of benzene rings is 4. The molecule has 174 valence electrons. The average Bonchev–Trinajstić information content (AvgIpc) is 2.85. The molecule has 0 spiro atoms. The van der Waals surface area contributed by atoms with Crippen LogP contribution in [0.25, 0.3) is 21.7 Å². The summed E-state index contributed by atoms with van der Waals surface area (Å²) in [5.41, 5.74) is 2.70. The number of rotatable bonds is 5. The largest absolute Gasteiger partial charge is 0.504 e. The third-order valence-corrected chi connectivity index (χ3v) is 5.72. The topological polar surface area (TPSA) is 94.9 Å². The first-order chi connectivity index (χ1) is 16.9. The van der Waals surface area contributed by atoms with Crippen LogP contribution in [0.2, 0.25) is 0 Å². The zero-order chi connectivity index (χ0) is 24.5. The van der Waals surface area contributed by atoms with E-state index in [-0.39, 0.29) is 17.4 Å². The lowest BCUT2D eigenvalue weighted by molar-refractivity contribution is 0.102. The predicted octanol–water partition coefficient (Wildman–Crippen LogP) is 5.91. The number of pyridine rings is 1. The SMILES string of the molecule is CN(C)c1cccc(C(=O)Nc2ccc3ccc(Oc4ccnc5cc(O)c(O)cc45)cc3c2)c1. The summed E-state index contributed by atoms with van der Waals surface area (Å²) in [6.07, 6.45) is 1.58. The fourth-order valence-corrected chi connectivity index (χ4v) is 3.86. The van der Waals surface area contributed by atoms with E-state index in [2.05, 4.69) is 10.3 Å². The van der Waals surface area contributed by atoms with E-state index in [0.717, 1.165) is 16.5 Å². The van der Waals surface area contributed by atoms with Crippen molar-refractivity contribution in [3.05, 3.63) is 90.6 Å². The molecule has 35 heavy (non-hydrogen) atoms. The highest BCUT2D eigenvalue weighted by Gasteiger charge is 2.11. The van der Waals surface area contributed by atoms with Gasteiger partial charge in [0.15, 0.2) is 11.5 Å². The van der Waals surface area contributed by atoms with Crippen LogP contribution in [0.15, 0.2) is 85.1 Å². The Labute approximate surface area is 201 Å². The van der Waals surface area contributed by atoms with Gasteiger partial charge in [0.25, 0.3) is 5.91 Å². The molecule has 0 aliphatic heterocycles. The molecule has 0 fully saturated rings. The van der Waals surface area contributed by atoms with Gasteiger partial charge in [-0.3, -0.25) is 9.78 Å². The van der Waals surface area contributed by atoms with Crippen molar-refractivity contribution in [2.75, 3.05) is 24.3 Å². The molecule has 7 nitrogen and oxygen atoms in total. The van der Waals surface area contributed by atoms with E-state index in [1.165, 1.54) is 12.1 Å². The van der Waals surface area contributed by atoms with Crippen LogP contribution in [0.3, 0.4) is 0 Å². The van der Waals surface area contributed by atoms with E-state index in [4.69, 9.17) is 4.74 Å². The van der Waals surface area contributed by atoms with Gasteiger partial charge < -0.3 is 25.2 Å². The number of ether oxygens (including phenoxy) is 1. The summed E-state index contributed by atoms with van der Waals surface area (Å²) in [7, 11) is 3.86. The Bertz CT molecular complexity index is 1580. The van der Waals surface area contributed by atoms with Crippen molar-refractivity contribution < 1.29 is 19.7 Å². The van der Waals surface area contributed by atoms with Crippen LogP contribution in [0, 0.1) is 0 Å². The Morgan fingerprint density at radius 3 is 2.51 bits per heavy atom. The molecule has 0 radical (unpaired) electrons. The molecule has 7 heteroatoms. The van der Waals surface area contributed by atoms with E-state index < -0.39 is 0 Å². The lowest BCUT2D eigenvalue weighted by Gasteiger charge is -2.14. The maximum atomic E-state index is 12.8. The van der Waals surface area contributed by atoms with Crippen molar-refractivity contribution in [1.29, 1.82) is 0 Å². The number of fused-ring (bicyclic) bond motifs is 2. The molecular formula is C28H23N3O4. The zero-order valence-corrected chi connectivity index (χ0v) is 19.2. The Morgan fingerprint density at radius 2 is 1.69 bits per heavy atom. The number of anilines is 2. The molecule has 0 aliphatic carbocycles. The Balaban J connectivity index is 1.42. The second-order valence-electron chi connectivity index (χ2n) is 8.39. The van der Waals surface area contributed by atoms with E-state index in [1.807, 2.05) is 73.6 Å². The number of nitrogens with zero attached hydrogens (tertiary/aromatic N) is 2. The number of aromatic nitrogens is 1. The summed E-state index contributed by atoms with van der Waals surface area (Å²) in [4.78, 5) is 19.0. The number of phenols is 2. The highest BCUT2D eigenvalue weighted by Crippen LogP contribution is 2.36. The van der Waals surface area contributed by atoms with Crippen molar-refractivity contribution in [2.45, 2.75) is 0 Å². The average molecular weight is 466 g/mol. The molecule has 0 bridgehead atoms. The van der Waals surface area contributed by atoms with Crippen LogP contribution in [-0.2, 0) is 0 Å². The van der Waals surface area contributed by atoms with Gasteiger partial charge in [0.2, 0.25) is 0 Å². The van der Waals surface area contributed by atoms with Crippen LogP contribution >= 0.6 is 0 Å². The summed E-state index contributed by atoms with van der Waals surface area (Å²) >= 11 is 0. The molecule has 1 amide bonds. The molecule has 5 rings (SSSR count). The second-order valence-corrected chi connectivity index (χ2v) is 8.39. The first-order valence-corrected chi connectivity index (χ1v) is 11.0. The predicted molar refractivity (Wildman–Crippen MR) is 138 cm³/mol. The molecule has 0 aliphatic rings. The molecule has 5 aromatic rings. The quantitative estimate of drug-likeness (QED) is 0.279. The van der Waals surface area contributed by atoms with E-state index >= 15 is 0 Å². The van der Waals surface area contributed by atoms with Gasteiger partial charge in [-0.2, -0.15) is 0 Å². The fraction of sp³-hybridized carbons (Fsp3) is 0.0714. The van der Waals surface area contributed by atoms with Gasteiger partial charge in [0.05, 0.1) is 5.52 Å². The highest BCUT2D eigenvalue weighted by molar-refractivity contribution is 6.05. The standard InChI is InChI=1S/C28H23N3O4/c1-31(2)21-5-3-4-18(13-21)28(34)30-20-8-6-17-7-9-22(14-19(17)12-20)35-27-10-11-29-24-16-26(33)25(32)15-23(24)27/h3-16,32-33H,1-2H3,(H,30,34). The summed E-state index contributed by atoms with van der Waals surface area (Å²) in [6, 6.07) is 23.3. The molecule has 0 saturated carbocycles. The van der Waals surface area contributed by atoms with Crippen molar-refractivity contribution >= 4 is 39.0 Å². The van der Waals surface area contributed by atoms with Crippen LogP contribution in [-0.4, -0.2) is 35.2 Å². The number of nitrogens with one attached hydrogen (secondary N) is 1. The summed E-state index contributed by atoms with van der Waals surface area (Å²) < 4.78 is 6.10. The first-order valence-electron chi connectivity index (χ1n) is 11.0. The smallest absolute Gasteiger partial charge is 0.255 e. The molecule has 0 saturated heterocycles. The Kier molecular flexibility index (Phi) is 5.58.